The molecule has 1 aromatic carbocycles. The number of nitrogens with two attached hydrogens (primary N) is 1. The van der Waals surface area contributed by atoms with Gasteiger partial charge in [-0.25, -0.2) is 9.18 Å². The first-order valence-electron chi connectivity index (χ1n) is 6.25. The number of nitrogens with one attached hydrogen (secondary N) is 2. The first kappa shape index (κ1) is 13.3. The van der Waals surface area contributed by atoms with Gasteiger partial charge in [-0.05, 0) is 43.5 Å². The van der Waals surface area contributed by atoms with E-state index in [1.54, 1.807) is 4.90 Å². The standard InChI is InChI=1S/C13H17FN4O/c14-9-4-6-10(7-5-9)17-13(19)18-8-2-1-3-11(18)12(15)16/h4-7,11H,1-3,8H2,(H3,15,16)(H,17,19). The number of amides is 2. The molecule has 102 valence electrons. The van der Waals surface area contributed by atoms with Crippen molar-refractivity contribution in [3.05, 3.63) is 30.1 Å². The van der Waals surface area contributed by atoms with Crippen LogP contribution in [0.3, 0.4) is 0 Å². The third kappa shape index (κ3) is 3.21. The van der Waals surface area contributed by atoms with Crippen LogP contribution in [0.1, 0.15) is 19.3 Å². The van der Waals surface area contributed by atoms with Crippen molar-refractivity contribution < 1.29 is 9.18 Å². The molecule has 0 aromatic heterocycles. The Balaban J connectivity index is 2.05. The largest absolute Gasteiger partial charge is 0.386 e. The molecule has 0 radical (unpaired) electrons. The lowest BCUT2D eigenvalue weighted by atomic mass is 10.0. The second kappa shape index (κ2) is 5.69. The van der Waals surface area contributed by atoms with E-state index in [-0.39, 0.29) is 23.7 Å². The molecule has 19 heavy (non-hydrogen) atoms. The monoisotopic (exact) mass is 264 g/mol. The average Bonchev–Trinajstić information content (AvgIpc) is 2.41. The van der Waals surface area contributed by atoms with Crippen molar-refractivity contribution >= 4 is 17.6 Å². The summed E-state index contributed by atoms with van der Waals surface area (Å²) in [5, 5.41) is 10.2. The number of rotatable bonds is 2. The van der Waals surface area contributed by atoms with Crippen LogP contribution in [0.25, 0.3) is 0 Å². The first-order chi connectivity index (χ1) is 9.08. The van der Waals surface area contributed by atoms with Gasteiger partial charge in [0.2, 0.25) is 0 Å². The molecular weight excluding hydrogens is 247 g/mol. The van der Waals surface area contributed by atoms with Crippen molar-refractivity contribution in [3.8, 4) is 0 Å². The Morgan fingerprint density at radius 1 is 1.37 bits per heavy atom. The maximum atomic E-state index is 12.8. The molecule has 0 bridgehead atoms. The lowest BCUT2D eigenvalue weighted by molar-refractivity contribution is 0.185. The van der Waals surface area contributed by atoms with Crippen LogP contribution in [0, 0.1) is 11.2 Å². The number of amidine groups is 1. The zero-order valence-corrected chi connectivity index (χ0v) is 10.5. The molecule has 1 atom stereocenters. The Labute approximate surface area is 111 Å². The van der Waals surface area contributed by atoms with Crippen LogP contribution in [-0.4, -0.2) is 29.4 Å². The van der Waals surface area contributed by atoms with Gasteiger partial charge < -0.3 is 16.0 Å². The quantitative estimate of drug-likeness (QED) is 0.565. The predicted molar refractivity (Wildman–Crippen MR) is 71.7 cm³/mol. The van der Waals surface area contributed by atoms with Crippen molar-refractivity contribution in [2.24, 2.45) is 5.73 Å². The highest BCUT2D eigenvalue weighted by molar-refractivity contribution is 5.94. The lowest BCUT2D eigenvalue weighted by Crippen LogP contribution is -2.51. The van der Waals surface area contributed by atoms with Crippen LogP contribution < -0.4 is 11.1 Å². The number of piperidine rings is 1. The summed E-state index contributed by atoms with van der Waals surface area (Å²) < 4.78 is 12.8. The number of carbonyl (C=O) groups is 1. The van der Waals surface area contributed by atoms with E-state index in [0.717, 1.165) is 12.8 Å². The normalized spacial score (nSPS) is 19.0. The Morgan fingerprint density at radius 2 is 2.05 bits per heavy atom. The maximum absolute atomic E-state index is 12.8. The minimum absolute atomic E-state index is 0.00829. The van der Waals surface area contributed by atoms with E-state index < -0.39 is 0 Å². The molecule has 0 saturated carbocycles. The van der Waals surface area contributed by atoms with Gasteiger partial charge in [-0.15, -0.1) is 0 Å². The third-order valence-corrected chi connectivity index (χ3v) is 3.22. The van der Waals surface area contributed by atoms with Gasteiger partial charge in [0, 0.05) is 12.2 Å². The van der Waals surface area contributed by atoms with Crippen LogP contribution in [-0.2, 0) is 0 Å². The molecule has 2 amide bonds. The molecule has 6 heteroatoms. The van der Waals surface area contributed by atoms with Crippen LogP contribution in [0.5, 0.6) is 0 Å². The molecule has 0 spiro atoms. The Bertz CT molecular complexity index is 474. The summed E-state index contributed by atoms with van der Waals surface area (Å²) in [6, 6.07) is 4.93. The zero-order valence-electron chi connectivity index (χ0n) is 10.5. The van der Waals surface area contributed by atoms with Gasteiger partial charge in [0.25, 0.3) is 0 Å². The van der Waals surface area contributed by atoms with Gasteiger partial charge in [-0.3, -0.25) is 5.41 Å². The average molecular weight is 264 g/mol. The lowest BCUT2D eigenvalue weighted by Gasteiger charge is -2.34. The second-order valence-corrected chi connectivity index (χ2v) is 4.60. The van der Waals surface area contributed by atoms with E-state index in [2.05, 4.69) is 5.32 Å². The third-order valence-electron chi connectivity index (χ3n) is 3.22. The van der Waals surface area contributed by atoms with Crippen molar-refractivity contribution in [3.63, 3.8) is 0 Å². The number of hydrogen-bond donors (Lipinski definition) is 3. The Kier molecular flexibility index (Phi) is 3.99. The summed E-state index contributed by atoms with van der Waals surface area (Å²) in [5.74, 6) is -0.341. The SMILES string of the molecule is N=C(N)C1CCCCN1C(=O)Nc1ccc(F)cc1. The Hall–Kier alpha value is -2.11. The molecule has 1 aliphatic rings. The summed E-state index contributed by atoms with van der Waals surface area (Å²) in [7, 11) is 0. The molecule has 4 N–H and O–H groups in total. The fraction of sp³-hybridized carbons (Fsp3) is 0.385. The van der Waals surface area contributed by atoms with Gasteiger partial charge in [0.05, 0.1) is 6.04 Å². The molecule has 1 saturated heterocycles. The van der Waals surface area contributed by atoms with Crippen molar-refractivity contribution in [2.45, 2.75) is 25.3 Å². The van der Waals surface area contributed by atoms with Gasteiger partial charge >= 0.3 is 6.03 Å². The smallest absolute Gasteiger partial charge is 0.322 e. The number of hydrogen-bond acceptors (Lipinski definition) is 2. The summed E-state index contributed by atoms with van der Waals surface area (Å²) in [6.07, 6.45) is 2.58. The first-order valence-corrected chi connectivity index (χ1v) is 6.25. The van der Waals surface area contributed by atoms with Crippen LogP contribution in [0.15, 0.2) is 24.3 Å². The van der Waals surface area contributed by atoms with E-state index in [0.29, 0.717) is 18.7 Å². The maximum Gasteiger partial charge on any atom is 0.322 e. The number of anilines is 1. The summed E-state index contributed by atoms with van der Waals surface area (Å²) in [4.78, 5) is 13.7. The van der Waals surface area contributed by atoms with Crippen LogP contribution in [0.2, 0.25) is 0 Å². The number of halogens is 1. The molecule has 1 fully saturated rings. The summed E-state index contributed by atoms with van der Waals surface area (Å²) in [5.41, 5.74) is 6.05. The van der Waals surface area contributed by atoms with Gasteiger partial charge in [0.15, 0.2) is 0 Å². The highest BCUT2D eigenvalue weighted by Crippen LogP contribution is 2.18. The molecule has 1 unspecified atom stereocenters. The van der Waals surface area contributed by atoms with Crippen LogP contribution >= 0.6 is 0 Å². The minimum atomic E-state index is -0.349. The van der Waals surface area contributed by atoms with E-state index >= 15 is 0 Å². The van der Waals surface area contributed by atoms with E-state index in [1.807, 2.05) is 0 Å². The fourth-order valence-electron chi connectivity index (χ4n) is 2.23. The van der Waals surface area contributed by atoms with Crippen molar-refractivity contribution in [2.75, 3.05) is 11.9 Å². The number of nitrogens with zero attached hydrogens (tertiary/aromatic N) is 1. The number of benzene rings is 1. The topological polar surface area (TPSA) is 82.2 Å². The number of urea groups is 1. The van der Waals surface area contributed by atoms with E-state index in [9.17, 15) is 9.18 Å². The number of carbonyl (C=O) groups excluding carboxylic acids is 1. The van der Waals surface area contributed by atoms with Crippen molar-refractivity contribution in [1.29, 1.82) is 5.41 Å². The summed E-state index contributed by atoms with van der Waals surface area (Å²) >= 11 is 0. The Morgan fingerprint density at radius 3 is 2.68 bits per heavy atom. The molecule has 2 rings (SSSR count). The predicted octanol–water partition coefficient (Wildman–Crippen LogP) is 2.15. The second-order valence-electron chi connectivity index (χ2n) is 4.60. The van der Waals surface area contributed by atoms with E-state index in [4.69, 9.17) is 11.1 Å². The highest BCUT2D eigenvalue weighted by atomic mass is 19.1. The zero-order chi connectivity index (χ0) is 13.8. The molecular formula is C13H17FN4O. The fourth-order valence-corrected chi connectivity index (χ4v) is 2.23. The van der Waals surface area contributed by atoms with Crippen LogP contribution in [0.4, 0.5) is 14.9 Å². The van der Waals surface area contributed by atoms with E-state index in [1.165, 1.54) is 24.3 Å². The van der Waals surface area contributed by atoms with Gasteiger partial charge in [-0.1, -0.05) is 0 Å². The number of likely N-dealkylation sites (tertiary alicyclic amines) is 1. The van der Waals surface area contributed by atoms with Gasteiger partial charge in [0.1, 0.15) is 11.7 Å². The molecule has 1 aromatic rings. The summed E-state index contributed by atoms with van der Waals surface area (Å²) in [6.45, 7) is 0.581. The van der Waals surface area contributed by atoms with Gasteiger partial charge in [-0.2, -0.15) is 0 Å². The molecule has 1 aliphatic heterocycles. The molecule has 5 nitrogen and oxygen atoms in total. The van der Waals surface area contributed by atoms with Crippen molar-refractivity contribution in [1.82, 2.24) is 4.90 Å². The molecule has 0 aliphatic carbocycles. The highest BCUT2D eigenvalue weighted by Gasteiger charge is 2.28. The molecule has 1 heterocycles. The minimum Gasteiger partial charge on any atom is -0.386 e.